The number of carbonyl (C=O) groups is 1. The van der Waals surface area contributed by atoms with E-state index >= 15 is 0 Å². The smallest absolute Gasteiger partial charge is 0.262 e. The van der Waals surface area contributed by atoms with Crippen LogP contribution in [0.3, 0.4) is 0 Å². The zero-order valence-corrected chi connectivity index (χ0v) is 19.6. The molecule has 4 nitrogen and oxygen atoms in total. The first-order valence-corrected chi connectivity index (χ1v) is 10.7. The lowest BCUT2D eigenvalue weighted by Crippen LogP contribution is -2.20. The number of anilines is 1. The van der Waals surface area contributed by atoms with Crippen molar-refractivity contribution in [1.82, 2.24) is 0 Å². The molecular formula is C24H21Cl3N2O2. The zero-order chi connectivity index (χ0) is 22.5. The fraction of sp³-hybridized carbons (Fsp3) is 0.167. The second-order valence-corrected chi connectivity index (χ2v) is 8.36. The highest BCUT2D eigenvalue weighted by atomic mass is 35.5. The number of nitrogens with zero attached hydrogens (tertiary/aromatic N) is 1. The highest BCUT2D eigenvalue weighted by Crippen LogP contribution is 2.34. The molecule has 0 unspecified atom stereocenters. The standard InChI is InChI=1S/C24H21Cl3N2O2/c1-14-4-6-18(8-16(14)3)28-12-17-9-21(26)24(22(27)10-17)31-13-23(30)29-19-7-5-15(2)20(25)11-19/h4-12H,13H2,1-3H3,(H,29,30). The van der Waals surface area contributed by atoms with Crippen LogP contribution in [0.1, 0.15) is 22.3 Å². The molecule has 0 spiro atoms. The number of hydrogen-bond acceptors (Lipinski definition) is 3. The third kappa shape index (κ3) is 6.23. The second-order valence-electron chi connectivity index (χ2n) is 7.14. The third-order valence-corrected chi connectivity index (χ3v) is 5.65. The Morgan fingerprint density at radius 1 is 0.903 bits per heavy atom. The number of hydrogen-bond donors (Lipinski definition) is 1. The van der Waals surface area contributed by atoms with E-state index in [1.54, 1.807) is 30.5 Å². The van der Waals surface area contributed by atoms with Crippen LogP contribution in [0.2, 0.25) is 15.1 Å². The maximum absolute atomic E-state index is 12.2. The Morgan fingerprint density at radius 2 is 1.58 bits per heavy atom. The monoisotopic (exact) mass is 474 g/mol. The van der Waals surface area contributed by atoms with Gasteiger partial charge in [0, 0.05) is 16.9 Å². The molecule has 0 bridgehead atoms. The van der Waals surface area contributed by atoms with Crippen molar-refractivity contribution in [3.05, 3.63) is 85.9 Å². The molecule has 3 aromatic carbocycles. The van der Waals surface area contributed by atoms with Gasteiger partial charge in [-0.1, -0.05) is 46.9 Å². The molecule has 3 rings (SSSR count). The number of amides is 1. The summed E-state index contributed by atoms with van der Waals surface area (Å²) in [5, 5.41) is 3.88. The first kappa shape index (κ1) is 23.1. The van der Waals surface area contributed by atoms with Crippen LogP contribution < -0.4 is 10.1 Å². The number of halogens is 3. The van der Waals surface area contributed by atoms with Crippen molar-refractivity contribution >= 4 is 58.3 Å². The van der Waals surface area contributed by atoms with Crippen LogP contribution >= 0.6 is 34.8 Å². The number of carbonyl (C=O) groups excluding carboxylic acids is 1. The van der Waals surface area contributed by atoms with E-state index in [1.807, 2.05) is 38.1 Å². The fourth-order valence-electron chi connectivity index (χ4n) is 2.75. The first-order chi connectivity index (χ1) is 14.7. The lowest BCUT2D eigenvalue weighted by atomic mass is 10.1. The molecule has 0 fully saturated rings. The molecule has 1 N–H and O–H groups in total. The topological polar surface area (TPSA) is 50.7 Å². The minimum Gasteiger partial charge on any atom is -0.481 e. The molecule has 7 heteroatoms. The van der Waals surface area contributed by atoms with Crippen LogP contribution in [0.25, 0.3) is 0 Å². The van der Waals surface area contributed by atoms with Crippen molar-refractivity contribution < 1.29 is 9.53 Å². The quantitative estimate of drug-likeness (QED) is 0.379. The van der Waals surface area contributed by atoms with Crippen LogP contribution in [-0.4, -0.2) is 18.7 Å². The Balaban J connectivity index is 1.65. The maximum atomic E-state index is 12.2. The van der Waals surface area contributed by atoms with E-state index in [4.69, 9.17) is 39.5 Å². The Bertz CT molecular complexity index is 1140. The van der Waals surface area contributed by atoms with Gasteiger partial charge in [-0.3, -0.25) is 9.79 Å². The van der Waals surface area contributed by atoms with Crippen molar-refractivity contribution in [3.63, 3.8) is 0 Å². The van der Waals surface area contributed by atoms with Crippen molar-refractivity contribution in [1.29, 1.82) is 0 Å². The Morgan fingerprint density at radius 3 is 2.23 bits per heavy atom. The van der Waals surface area contributed by atoms with Crippen LogP contribution in [-0.2, 0) is 4.79 Å². The van der Waals surface area contributed by atoms with E-state index in [2.05, 4.69) is 17.2 Å². The van der Waals surface area contributed by atoms with Crippen molar-refractivity contribution in [2.24, 2.45) is 4.99 Å². The molecule has 1 amide bonds. The van der Waals surface area contributed by atoms with Gasteiger partial charge < -0.3 is 10.1 Å². The zero-order valence-electron chi connectivity index (χ0n) is 17.3. The van der Waals surface area contributed by atoms with Crippen LogP contribution in [0.4, 0.5) is 11.4 Å². The Labute approximate surface area is 196 Å². The predicted molar refractivity (Wildman–Crippen MR) is 130 cm³/mol. The molecule has 0 radical (unpaired) electrons. The number of nitrogens with one attached hydrogen (secondary N) is 1. The fourth-order valence-corrected chi connectivity index (χ4v) is 3.55. The molecule has 31 heavy (non-hydrogen) atoms. The highest BCUT2D eigenvalue weighted by Gasteiger charge is 2.12. The van der Waals surface area contributed by atoms with E-state index in [0.29, 0.717) is 20.8 Å². The Hall–Kier alpha value is -2.53. The van der Waals surface area contributed by atoms with Crippen LogP contribution in [0.15, 0.2) is 53.5 Å². The SMILES string of the molecule is Cc1ccc(N=Cc2cc(Cl)c(OCC(=O)Nc3ccc(C)c(Cl)c3)c(Cl)c2)cc1C. The van der Waals surface area contributed by atoms with Crippen molar-refractivity contribution in [3.8, 4) is 5.75 Å². The van der Waals surface area contributed by atoms with Gasteiger partial charge in [-0.05, 0) is 79.4 Å². The number of benzene rings is 3. The van der Waals surface area contributed by atoms with Crippen LogP contribution in [0, 0.1) is 20.8 Å². The number of aryl methyl sites for hydroxylation is 3. The summed E-state index contributed by atoms with van der Waals surface area (Å²) in [4.78, 5) is 16.7. The summed E-state index contributed by atoms with van der Waals surface area (Å²) in [5.74, 6) is -0.115. The molecule has 0 aromatic heterocycles. The van der Waals surface area contributed by atoms with Gasteiger partial charge in [0.05, 0.1) is 15.7 Å². The normalized spacial score (nSPS) is 11.0. The average molecular weight is 476 g/mol. The van der Waals surface area contributed by atoms with Gasteiger partial charge in [-0.25, -0.2) is 0 Å². The second kappa shape index (κ2) is 10.2. The van der Waals surface area contributed by atoms with Gasteiger partial charge >= 0.3 is 0 Å². The van der Waals surface area contributed by atoms with E-state index < -0.39 is 0 Å². The van der Waals surface area contributed by atoms with Gasteiger partial charge in [0.1, 0.15) is 0 Å². The van der Waals surface area contributed by atoms with Crippen molar-refractivity contribution in [2.45, 2.75) is 20.8 Å². The van der Waals surface area contributed by atoms with Gasteiger partial charge in [-0.15, -0.1) is 0 Å². The highest BCUT2D eigenvalue weighted by molar-refractivity contribution is 6.37. The maximum Gasteiger partial charge on any atom is 0.262 e. The lowest BCUT2D eigenvalue weighted by molar-refractivity contribution is -0.118. The number of rotatable bonds is 6. The van der Waals surface area contributed by atoms with Crippen LogP contribution in [0.5, 0.6) is 5.75 Å². The van der Waals surface area contributed by atoms with E-state index in [1.165, 1.54) is 11.1 Å². The summed E-state index contributed by atoms with van der Waals surface area (Å²) in [6, 6.07) is 14.6. The Kier molecular flexibility index (Phi) is 7.60. The number of aliphatic imine (C=N–C) groups is 1. The summed E-state index contributed by atoms with van der Waals surface area (Å²) in [5.41, 5.74) is 5.44. The molecule has 0 aliphatic rings. The summed E-state index contributed by atoms with van der Waals surface area (Å²) in [7, 11) is 0. The summed E-state index contributed by atoms with van der Waals surface area (Å²) in [6.45, 7) is 5.73. The summed E-state index contributed by atoms with van der Waals surface area (Å²) in [6.07, 6.45) is 1.68. The van der Waals surface area contributed by atoms with Crippen molar-refractivity contribution in [2.75, 3.05) is 11.9 Å². The molecule has 0 saturated heterocycles. The van der Waals surface area contributed by atoms with E-state index in [-0.39, 0.29) is 18.3 Å². The van der Waals surface area contributed by atoms with Gasteiger partial charge in [0.15, 0.2) is 12.4 Å². The van der Waals surface area contributed by atoms with Gasteiger partial charge in [-0.2, -0.15) is 0 Å². The van der Waals surface area contributed by atoms with Gasteiger partial charge in [0.25, 0.3) is 5.91 Å². The first-order valence-electron chi connectivity index (χ1n) is 9.52. The lowest BCUT2D eigenvalue weighted by Gasteiger charge is -2.11. The molecule has 0 heterocycles. The predicted octanol–water partition coefficient (Wildman–Crippen LogP) is 7.34. The van der Waals surface area contributed by atoms with E-state index in [9.17, 15) is 4.79 Å². The minimum absolute atomic E-state index is 0.240. The number of ether oxygens (including phenoxy) is 1. The summed E-state index contributed by atoms with van der Waals surface area (Å²) < 4.78 is 5.55. The van der Waals surface area contributed by atoms with Gasteiger partial charge in [0.2, 0.25) is 0 Å². The molecule has 3 aromatic rings. The molecular weight excluding hydrogens is 455 g/mol. The molecule has 0 aliphatic carbocycles. The minimum atomic E-state index is -0.354. The molecule has 0 aliphatic heterocycles. The van der Waals surface area contributed by atoms with E-state index in [0.717, 1.165) is 16.8 Å². The average Bonchev–Trinajstić information content (AvgIpc) is 2.71. The molecule has 160 valence electrons. The third-order valence-electron chi connectivity index (χ3n) is 4.68. The largest absolute Gasteiger partial charge is 0.481 e. The molecule has 0 atom stereocenters. The molecule has 0 saturated carbocycles. The summed E-state index contributed by atoms with van der Waals surface area (Å²) >= 11 is 18.7.